The fourth-order valence-electron chi connectivity index (χ4n) is 0.691. The van der Waals surface area contributed by atoms with Gasteiger partial charge < -0.3 is 0 Å². The van der Waals surface area contributed by atoms with Gasteiger partial charge in [-0.2, -0.15) is 13.2 Å². The normalized spacial score (nSPS) is 10.1. The van der Waals surface area contributed by atoms with Gasteiger partial charge in [-0.3, -0.25) is 4.79 Å². The topological polar surface area (TPSA) is 17.1 Å². The van der Waals surface area contributed by atoms with Crippen molar-refractivity contribution in [3.05, 3.63) is 34.9 Å². The van der Waals surface area contributed by atoms with Gasteiger partial charge in [-0.15, -0.1) is 0 Å². The molecule has 0 saturated carbocycles. The molecule has 1 aromatic rings. The minimum atomic E-state index is -4.35. The summed E-state index contributed by atoms with van der Waals surface area (Å²) in [4.78, 5) is 8.57. The van der Waals surface area contributed by atoms with E-state index >= 15 is 0 Å². The average molecular weight is 245 g/mol. The zero-order valence-electron chi connectivity index (χ0n) is 6.68. The second-order valence-corrected chi connectivity index (χ2v) is 2.65. The van der Waals surface area contributed by atoms with Crippen LogP contribution in [0.1, 0.15) is 5.56 Å². The molecule has 0 radical (unpaired) electrons. The number of carbonyl (C=O) groups is 1. The molecule has 0 saturated heterocycles. The van der Waals surface area contributed by atoms with Gasteiger partial charge in [-0.1, -0.05) is 23.7 Å². The lowest BCUT2D eigenvalue weighted by Gasteiger charge is -2.06. The summed E-state index contributed by atoms with van der Waals surface area (Å²) in [7, 11) is 0. The number of alkyl halides is 3. The Morgan fingerprint density at radius 3 is 1.93 bits per heavy atom. The van der Waals surface area contributed by atoms with Crippen molar-refractivity contribution < 1.29 is 18.0 Å². The lowest BCUT2D eigenvalue weighted by molar-refractivity contribution is -0.137. The smallest absolute Gasteiger partial charge is 0.285 e. The molecule has 0 amide bonds. The Morgan fingerprint density at radius 2 is 1.64 bits per heavy atom. The van der Waals surface area contributed by atoms with Crippen LogP contribution in [-0.2, 0) is 11.0 Å². The maximum atomic E-state index is 12.0. The molecular weight excluding hydrogens is 240 g/mol. The van der Waals surface area contributed by atoms with Crippen LogP contribution in [0.15, 0.2) is 24.3 Å². The van der Waals surface area contributed by atoms with E-state index in [0.717, 1.165) is 6.07 Å². The molecule has 0 bridgehead atoms. The highest BCUT2D eigenvalue weighted by atomic mass is 35.5. The first-order chi connectivity index (χ1) is 6.43. The highest BCUT2D eigenvalue weighted by Gasteiger charge is 2.32. The first kappa shape index (κ1) is 13.3. The molecule has 0 aliphatic heterocycles. The van der Waals surface area contributed by atoms with E-state index in [-0.39, 0.29) is 10.8 Å². The van der Waals surface area contributed by atoms with Gasteiger partial charge in [0.05, 0.1) is 10.6 Å². The second-order valence-electron chi connectivity index (χ2n) is 2.07. The molecular formula is C8H5Cl2F3O. The molecule has 0 heterocycles. The first-order valence-electron chi connectivity index (χ1n) is 3.29. The summed E-state index contributed by atoms with van der Waals surface area (Å²) in [6.07, 6.45) is -4.35. The monoisotopic (exact) mass is 244 g/mol. The van der Waals surface area contributed by atoms with Crippen LogP contribution in [0.25, 0.3) is 0 Å². The van der Waals surface area contributed by atoms with Crippen molar-refractivity contribution >= 4 is 28.9 Å². The molecule has 0 fully saturated rings. The van der Waals surface area contributed by atoms with E-state index in [0.29, 0.717) is 0 Å². The van der Waals surface area contributed by atoms with Crippen molar-refractivity contribution in [1.82, 2.24) is 0 Å². The molecule has 0 spiro atoms. The van der Waals surface area contributed by atoms with E-state index < -0.39 is 11.7 Å². The van der Waals surface area contributed by atoms with Crippen molar-refractivity contribution in [2.45, 2.75) is 6.18 Å². The third-order valence-electron chi connectivity index (χ3n) is 1.18. The van der Waals surface area contributed by atoms with Crippen LogP contribution < -0.4 is 0 Å². The van der Waals surface area contributed by atoms with Gasteiger partial charge in [-0.25, -0.2) is 0 Å². The Morgan fingerprint density at radius 1 is 1.21 bits per heavy atom. The summed E-state index contributed by atoms with van der Waals surface area (Å²) in [6.45, 7) is 0. The van der Waals surface area contributed by atoms with E-state index in [1.54, 1.807) is 0 Å². The fourth-order valence-corrected chi connectivity index (χ4v) is 0.934. The zero-order chi connectivity index (χ0) is 11.2. The van der Waals surface area contributed by atoms with Crippen LogP contribution in [0.5, 0.6) is 0 Å². The highest BCUT2D eigenvalue weighted by molar-refractivity contribution is 6.54. The van der Waals surface area contributed by atoms with Crippen molar-refractivity contribution in [2.75, 3.05) is 0 Å². The number of hydrogen-bond donors (Lipinski definition) is 0. The minimum Gasteiger partial charge on any atom is -0.285 e. The number of carbonyl (C=O) groups excluding carboxylic acids is 1. The molecule has 0 aliphatic rings. The van der Waals surface area contributed by atoms with E-state index in [1.807, 2.05) is 0 Å². The third kappa shape index (κ3) is 4.48. The Labute approximate surface area is 88.4 Å². The maximum Gasteiger partial charge on any atom is 0.417 e. The van der Waals surface area contributed by atoms with Crippen molar-refractivity contribution in [2.24, 2.45) is 0 Å². The largest absolute Gasteiger partial charge is 0.417 e. The Balaban J connectivity index is 0.000000500. The minimum absolute atomic E-state index is 0.222. The summed E-state index contributed by atoms with van der Waals surface area (Å²) < 4.78 is 35.9. The highest BCUT2D eigenvalue weighted by Crippen LogP contribution is 2.33. The summed E-state index contributed by atoms with van der Waals surface area (Å²) in [6, 6.07) is 4.92. The first-order valence-corrected chi connectivity index (χ1v) is 4.10. The average Bonchev–Trinajstić information content (AvgIpc) is 2.04. The van der Waals surface area contributed by atoms with Crippen molar-refractivity contribution in [3.63, 3.8) is 0 Å². The number of hydrogen-bond acceptors (Lipinski definition) is 1. The summed E-state index contributed by atoms with van der Waals surface area (Å²) in [5.74, 6) is 0.222. The molecule has 1 aromatic carbocycles. The standard InChI is InChI=1S/C7H4ClF3.CHClO/c8-6-4-2-1-3-5(6)7(9,10)11;2-1-3/h1-4H;1H. The molecule has 0 N–H and O–H groups in total. The number of rotatable bonds is 0. The van der Waals surface area contributed by atoms with Gasteiger partial charge in [-0.05, 0) is 23.7 Å². The Bertz CT molecular complexity index is 299. The molecule has 14 heavy (non-hydrogen) atoms. The Kier molecular flexibility index (Phi) is 5.57. The van der Waals surface area contributed by atoms with E-state index in [4.69, 9.17) is 16.4 Å². The summed E-state index contributed by atoms with van der Waals surface area (Å²) in [5, 5.41) is -0.264. The zero-order valence-corrected chi connectivity index (χ0v) is 8.20. The molecule has 1 rings (SSSR count). The Hall–Kier alpha value is -0.740. The van der Waals surface area contributed by atoms with Crippen LogP contribution in [0, 0.1) is 0 Å². The molecule has 0 aliphatic carbocycles. The quantitative estimate of drug-likeness (QED) is 0.502. The maximum absolute atomic E-state index is 12.0. The molecule has 78 valence electrons. The van der Waals surface area contributed by atoms with E-state index in [9.17, 15) is 13.2 Å². The fraction of sp³-hybridized carbons (Fsp3) is 0.125. The van der Waals surface area contributed by atoms with Gasteiger partial charge in [0.2, 0.25) is 5.75 Å². The third-order valence-corrected chi connectivity index (χ3v) is 1.51. The lowest BCUT2D eigenvalue weighted by atomic mass is 10.2. The predicted octanol–water partition coefficient (Wildman–Crippen LogP) is 3.77. The molecule has 0 unspecified atom stereocenters. The van der Waals surface area contributed by atoms with Crippen LogP contribution in [0.4, 0.5) is 13.2 Å². The van der Waals surface area contributed by atoms with Gasteiger partial charge >= 0.3 is 6.18 Å². The second kappa shape index (κ2) is 5.88. The van der Waals surface area contributed by atoms with Crippen LogP contribution >= 0.6 is 23.2 Å². The van der Waals surface area contributed by atoms with Gasteiger partial charge in [0.1, 0.15) is 0 Å². The van der Waals surface area contributed by atoms with Crippen LogP contribution in [-0.4, -0.2) is 5.75 Å². The lowest BCUT2D eigenvalue weighted by Crippen LogP contribution is -2.04. The molecule has 0 atom stereocenters. The summed E-state index contributed by atoms with van der Waals surface area (Å²) >= 11 is 9.61. The van der Waals surface area contributed by atoms with Gasteiger partial charge in [0.25, 0.3) is 0 Å². The van der Waals surface area contributed by atoms with E-state index in [1.165, 1.54) is 18.2 Å². The van der Waals surface area contributed by atoms with Crippen molar-refractivity contribution in [1.29, 1.82) is 0 Å². The van der Waals surface area contributed by atoms with Gasteiger partial charge in [0.15, 0.2) is 0 Å². The van der Waals surface area contributed by atoms with Crippen LogP contribution in [0.3, 0.4) is 0 Å². The molecule has 6 heteroatoms. The predicted molar refractivity (Wildman–Crippen MR) is 49.1 cm³/mol. The molecule has 1 nitrogen and oxygen atoms in total. The number of halogens is 5. The van der Waals surface area contributed by atoms with Gasteiger partial charge in [0, 0.05) is 0 Å². The van der Waals surface area contributed by atoms with Crippen LogP contribution in [0.2, 0.25) is 5.02 Å². The van der Waals surface area contributed by atoms with E-state index in [2.05, 4.69) is 11.6 Å². The summed E-state index contributed by atoms with van der Waals surface area (Å²) in [5.41, 5.74) is -0.790. The van der Waals surface area contributed by atoms with Crippen molar-refractivity contribution in [3.8, 4) is 0 Å². The SMILES string of the molecule is FC(F)(F)c1ccccc1Cl.O=CCl. The molecule has 0 aromatic heterocycles. The number of benzene rings is 1.